The molecule has 8 nitrogen and oxygen atoms in total. The van der Waals surface area contributed by atoms with E-state index >= 15 is 0 Å². The Kier molecular flexibility index (Phi) is 9.66. The lowest BCUT2D eigenvalue weighted by molar-refractivity contribution is -0.131. The second-order valence-electron chi connectivity index (χ2n) is 9.10. The molecule has 204 valence electrons. The zero-order chi connectivity index (χ0) is 27.2. The maximum Gasteiger partial charge on any atom is 0.242 e. The highest BCUT2D eigenvalue weighted by Gasteiger charge is 2.38. The van der Waals surface area contributed by atoms with Crippen molar-refractivity contribution in [1.82, 2.24) is 19.9 Å². The van der Waals surface area contributed by atoms with E-state index in [0.717, 1.165) is 15.6 Å². The van der Waals surface area contributed by atoms with Gasteiger partial charge in [0.2, 0.25) is 21.8 Å². The molecule has 1 saturated heterocycles. The normalized spacial score (nSPS) is 17.3. The first-order valence-corrected chi connectivity index (χ1v) is 13.7. The van der Waals surface area contributed by atoms with Gasteiger partial charge in [0.1, 0.15) is 29.5 Å². The van der Waals surface area contributed by atoms with Gasteiger partial charge in [-0.15, -0.1) is 0 Å². The Morgan fingerprint density at radius 2 is 1.89 bits per heavy atom. The highest BCUT2D eigenvalue weighted by molar-refractivity contribution is 7.88. The van der Waals surface area contributed by atoms with Gasteiger partial charge >= 0.3 is 0 Å². The number of hydrogen-bond acceptors (Lipinski definition) is 5. The van der Waals surface area contributed by atoms with Crippen LogP contribution in [-0.4, -0.2) is 48.1 Å². The van der Waals surface area contributed by atoms with Crippen molar-refractivity contribution in [3.8, 4) is 0 Å². The van der Waals surface area contributed by atoms with Crippen LogP contribution in [0, 0.1) is 24.4 Å². The number of pyridine rings is 1. The van der Waals surface area contributed by atoms with E-state index in [1.165, 1.54) is 0 Å². The van der Waals surface area contributed by atoms with E-state index in [0.29, 0.717) is 37.8 Å². The summed E-state index contributed by atoms with van der Waals surface area (Å²) in [6.07, 6.45) is 3.76. The predicted molar refractivity (Wildman–Crippen MR) is 133 cm³/mol. The van der Waals surface area contributed by atoms with Crippen molar-refractivity contribution in [3.63, 3.8) is 0 Å². The number of aryl methyl sites for hydroxylation is 1. The summed E-state index contributed by atoms with van der Waals surface area (Å²) < 4.78 is 68.7. The molecule has 12 heteroatoms. The molecule has 2 amide bonds. The summed E-state index contributed by atoms with van der Waals surface area (Å²) >= 11 is 0. The molecule has 0 radical (unpaired) electrons. The Balaban J connectivity index is 0.00000507. The molecule has 1 fully saturated rings. The number of nitrogens with one attached hydrogen (secondary N) is 2. The van der Waals surface area contributed by atoms with Crippen LogP contribution in [0.15, 0.2) is 30.5 Å². The van der Waals surface area contributed by atoms with Crippen molar-refractivity contribution < 1.29 is 32.6 Å². The molecule has 2 aromatic rings. The summed E-state index contributed by atoms with van der Waals surface area (Å²) in [6, 6.07) is 2.43. The molecule has 1 aromatic heterocycles. The summed E-state index contributed by atoms with van der Waals surface area (Å²) in [5, 5.41) is 5.42. The molecule has 1 aromatic carbocycles. The van der Waals surface area contributed by atoms with Crippen LogP contribution in [0.1, 0.15) is 57.3 Å². The summed E-state index contributed by atoms with van der Waals surface area (Å²) in [7, 11) is -4.34. The van der Waals surface area contributed by atoms with Crippen molar-refractivity contribution in [2.75, 3.05) is 6.54 Å². The first-order chi connectivity index (χ1) is 17.5. The van der Waals surface area contributed by atoms with E-state index in [-0.39, 0.29) is 20.9 Å². The number of nitrogens with zero attached hydrogens (tertiary/aromatic N) is 2. The molecule has 0 spiro atoms. The van der Waals surface area contributed by atoms with E-state index in [1.54, 1.807) is 6.20 Å². The molecule has 0 bridgehead atoms. The topological polar surface area (TPSA) is 108 Å². The molecule has 1 aliphatic rings. The Labute approximate surface area is 216 Å². The smallest absolute Gasteiger partial charge is 0.242 e. The molecule has 0 saturated carbocycles. The van der Waals surface area contributed by atoms with Crippen molar-refractivity contribution in [2.24, 2.45) is 0 Å². The highest BCUT2D eigenvalue weighted by Crippen LogP contribution is 2.25. The van der Waals surface area contributed by atoms with Gasteiger partial charge in [0, 0.05) is 44.1 Å². The number of halogens is 3. The maximum absolute atomic E-state index is 14.1. The molecular weight excluding hydrogens is 509 g/mol. The van der Waals surface area contributed by atoms with Gasteiger partial charge in [0.25, 0.3) is 0 Å². The lowest BCUT2D eigenvalue weighted by Crippen LogP contribution is -2.56. The monoisotopic (exact) mass is 542 g/mol. The number of benzene rings is 1. The minimum atomic E-state index is -4.34. The fraction of sp³-hybridized carbons (Fsp3) is 0.480. The average Bonchev–Trinajstić information content (AvgIpc) is 2.85. The molecule has 1 aliphatic heterocycles. The Hall–Kier alpha value is -2.99. The number of aromatic nitrogens is 1. The van der Waals surface area contributed by atoms with Crippen molar-refractivity contribution >= 4 is 21.8 Å². The van der Waals surface area contributed by atoms with E-state index < -0.39 is 62.7 Å². The molecule has 3 rings (SSSR count). The predicted octanol–water partition coefficient (Wildman–Crippen LogP) is 3.34. The summed E-state index contributed by atoms with van der Waals surface area (Å²) in [6.45, 7) is 3.88. The van der Waals surface area contributed by atoms with Crippen LogP contribution < -0.4 is 10.6 Å². The fourth-order valence-electron chi connectivity index (χ4n) is 4.22. The second kappa shape index (κ2) is 12.5. The quantitative estimate of drug-likeness (QED) is 0.479. The van der Waals surface area contributed by atoms with Crippen LogP contribution in [-0.2, 0) is 31.9 Å². The number of sulfonamides is 1. The highest BCUT2D eigenvalue weighted by atomic mass is 32.2. The minimum Gasteiger partial charge on any atom is -0.350 e. The zero-order valence-corrected chi connectivity index (χ0v) is 21.6. The van der Waals surface area contributed by atoms with Crippen LogP contribution in [0.5, 0.6) is 0 Å². The van der Waals surface area contributed by atoms with Crippen LogP contribution in [0.4, 0.5) is 13.2 Å². The number of hydrogen-bond donors (Lipinski definition) is 2. The van der Waals surface area contributed by atoms with E-state index in [2.05, 4.69) is 15.6 Å². The maximum atomic E-state index is 14.1. The summed E-state index contributed by atoms with van der Waals surface area (Å²) in [5.74, 6) is -5.93. The van der Waals surface area contributed by atoms with Gasteiger partial charge in [-0.3, -0.25) is 14.6 Å². The molecule has 2 atom stereocenters. The summed E-state index contributed by atoms with van der Waals surface area (Å²) in [4.78, 5) is 30.2. The molecular formula is C25H33F3N4O4S. The Morgan fingerprint density at radius 1 is 1.19 bits per heavy atom. The van der Waals surface area contributed by atoms with E-state index in [9.17, 15) is 31.2 Å². The first-order valence-electron chi connectivity index (χ1n) is 12.1. The number of rotatable bonds is 10. The largest absolute Gasteiger partial charge is 0.350 e. The van der Waals surface area contributed by atoms with Crippen molar-refractivity contribution in [2.45, 2.75) is 70.3 Å². The Bertz CT molecular complexity index is 1210. The number of piperidine rings is 1. The van der Waals surface area contributed by atoms with Crippen LogP contribution >= 0.6 is 0 Å². The number of carbonyl (C=O) groups is 2. The third kappa shape index (κ3) is 7.51. The molecule has 2 N–H and O–H groups in total. The molecule has 37 heavy (non-hydrogen) atoms. The molecule has 2 unspecified atom stereocenters. The fourth-order valence-corrected chi connectivity index (χ4v) is 6.02. The van der Waals surface area contributed by atoms with Crippen molar-refractivity contribution in [1.29, 1.82) is 0 Å². The summed E-state index contributed by atoms with van der Waals surface area (Å²) in [5.41, 5.74) is 0.827. The SMILES string of the molecule is CCCC(NC(=O)C1CCCCN1S(=O)(=O)Cc1c(F)cc(F)cc1F)C(=O)NCc1ccc(C)nc1.[HH]. The average molecular weight is 543 g/mol. The van der Waals surface area contributed by atoms with E-state index in [1.807, 2.05) is 26.0 Å². The van der Waals surface area contributed by atoms with Gasteiger partial charge in [0.15, 0.2) is 0 Å². The van der Waals surface area contributed by atoms with Crippen LogP contribution in [0.3, 0.4) is 0 Å². The van der Waals surface area contributed by atoms with E-state index in [4.69, 9.17) is 0 Å². The first kappa shape index (κ1) is 28.6. The van der Waals surface area contributed by atoms with Gasteiger partial charge in [-0.25, -0.2) is 21.6 Å². The van der Waals surface area contributed by atoms with Gasteiger partial charge in [-0.2, -0.15) is 4.31 Å². The standard InChI is InChI=1S/C25H31F3N4O4S.H2/c1-3-6-22(24(33)30-14-17-9-8-16(2)29-13-17)31-25(34)23-7-4-5-10-32(23)37(35,36)15-19-20(27)11-18(26)12-21(19)28;/h8-9,11-13,22-23H,3-7,10,14-15H2,1-2H3,(H,30,33)(H,31,34);1H. The van der Waals surface area contributed by atoms with Crippen LogP contribution in [0.2, 0.25) is 0 Å². The third-order valence-corrected chi connectivity index (χ3v) is 8.00. The van der Waals surface area contributed by atoms with Gasteiger partial charge < -0.3 is 10.6 Å². The second-order valence-corrected chi connectivity index (χ2v) is 11.0. The third-order valence-electron chi connectivity index (χ3n) is 6.20. The van der Waals surface area contributed by atoms with Crippen LogP contribution in [0.25, 0.3) is 0 Å². The Morgan fingerprint density at radius 3 is 2.51 bits per heavy atom. The van der Waals surface area contributed by atoms with Gasteiger partial charge in [-0.1, -0.05) is 25.8 Å². The van der Waals surface area contributed by atoms with Gasteiger partial charge in [0.05, 0.1) is 5.75 Å². The zero-order valence-electron chi connectivity index (χ0n) is 20.8. The molecule has 2 heterocycles. The lowest BCUT2D eigenvalue weighted by Gasteiger charge is -2.34. The lowest BCUT2D eigenvalue weighted by atomic mass is 10.0. The van der Waals surface area contributed by atoms with Gasteiger partial charge in [-0.05, 0) is 37.8 Å². The molecule has 0 aliphatic carbocycles. The number of amides is 2. The van der Waals surface area contributed by atoms with Crippen molar-refractivity contribution in [3.05, 3.63) is 64.7 Å². The number of carbonyl (C=O) groups excluding carboxylic acids is 2. The minimum absolute atomic E-state index is 0.